The molecule has 0 saturated heterocycles. The summed E-state index contributed by atoms with van der Waals surface area (Å²) >= 11 is 0. The number of benzene rings is 1. The molecule has 2 N–H and O–H groups in total. The summed E-state index contributed by atoms with van der Waals surface area (Å²) in [6.45, 7) is 5.48. The Balaban J connectivity index is 2.10. The van der Waals surface area contributed by atoms with Crippen molar-refractivity contribution >= 4 is 12.1 Å². The molecule has 0 saturated carbocycles. The van der Waals surface area contributed by atoms with E-state index in [-0.39, 0.29) is 18.6 Å². The molecule has 0 aliphatic heterocycles. The van der Waals surface area contributed by atoms with E-state index in [9.17, 15) is 14.7 Å². The molecule has 1 aliphatic carbocycles. The SMILES string of the molecule is COC(=O)C1=C[C@@H](O)[C@H](NC(=O)OC(C)(C)C)C[C@@H]1OCc1ccc(OC)cc1. The van der Waals surface area contributed by atoms with Crippen molar-refractivity contribution in [2.45, 2.75) is 57.6 Å². The monoisotopic (exact) mass is 407 g/mol. The van der Waals surface area contributed by atoms with Gasteiger partial charge in [-0.2, -0.15) is 0 Å². The van der Waals surface area contributed by atoms with Crippen molar-refractivity contribution in [2.24, 2.45) is 0 Å². The Labute approximate surface area is 170 Å². The van der Waals surface area contributed by atoms with Crippen LogP contribution in [0.2, 0.25) is 0 Å². The molecule has 1 aromatic carbocycles. The zero-order valence-corrected chi connectivity index (χ0v) is 17.4. The van der Waals surface area contributed by atoms with Gasteiger partial charge in [0.15, 0.2) is 0 Å². The topological polar surface area (TPSA) is 103 Å². The van der Waals surface area contributed by atoms with Crippen LogP contribution in [0.1, 0.15) is 32.8 Å². The molecule has 1 aromatic rings. The summed E-state index contributed by atoms with van der Waals surface area (Å²) in [6.07, 6.45) is -0.830. The predicted molar refractivity (Wildman–Crippen MR) is 105 cm³/mol. The largest absolute Gasteiger partial charge is 0.497 e. The maximum absolute atomic E-state index is 12.1. The zero-order valence-electron chi connectivity index (χ0n) is 17.4. The molecule has 2 rings (SSSR count). The minimum absolute atomic E-state index is 0.192. The molecular formula is C21H29NO7. The fourth-order valence-electron chi connectivity index (χ4n) is 2.90. The number of ether oxygens (including phenoxy) is 4. The second-order valence-electron chi connectivity index (χ2n) is 7.74. The second kappa shape index (κ2) is 9.76. The van der Waals surface area contributed by atoms with Gasteiger partial charge in [0.2, 0.25) is 0 Å². The second-order valence-corrected chi connectivity index (χ2v) is 7.74. The molecular weight excluding hydrogens is 378 g/mol. The third-order valence-electron chi connectivity index (χ3n) is 4.31. The first-order valence-electron chi connectivity index (χ1n) is 9.35. The molecule has 3 atom stereocenters. The number of amides is 1. The molecule has 160 valence electrons. The lowest BCUT2D eigenvalue weighted by atomic mass is 9.90. The number of carbonyl (C=O) groups excluding carboxylic acids is 2. The summed E-state index contributed by atoms with van der Waals surface area (Å²) in [4.78, 5) is 24.2. The Kier molecular flexibility index (Phi) is 7.64. The molecule has 0 heterocycles. The minimum atomic E-state index is -1.07. The van der Waals surface area contributed by atoms with Gasteiger partial charge in [-0.25, -0.2) is 9.59 Å². The maximum atomic E-state index is 12.1. The van der Waals surface area contributed by atoms with Crippen LogP contribution in [0.4, 0.5) is 4.79 Å². The minimum Gasteiger partial charge on any atom is -0.497 e. The highest BCUT2D eigenvalue weighted by atomic mass is 16.6. The number of aliphatic hydroxyl groups excluding tert-OH is 1. The van der Waals surface area contributed by atoms with Crippen LogP contribution in [0.25, 0.3) is 0 Å². The smallest absolute Gasteiger partial charge is 0.407 e. The van der Waals surface area contributed by atoms with Crippen LogP contribution in [0, 0.1) is 0 Å². The number of esters is 1. The molecule has 0 unspecified atom stereocenters. The van der Waals surface area contributed by atoms with Crippen molar-refractivity contribution in [1.82, 2.24) is 5.32 Å². The van der Waals surface area contributed by atoms with E-state index in [1.807, 2.05) is 24.3 Å². The Morgan fingerprint density at radius 3 is 2.38 bits per heavy atom. The molecule has 0 fully saturated rings. The van der Waals surface area contributed by atoms with Gasteiger partial charge in [-0.15, -0.1) is 0 Å². The van der Waals surface area contributed by atoms with Crippen LogP contribution in [0.15, 0.2) is 35.9 Å². The van der Waals surface area contributed by atoms with E-state index in [1.54, 1.807) is 27.9 Å². The molecule has 0 bridgehead atoms. The summed E-state index contributed by atoms with van der Waals surface area (Å²) in [5.74, 6) is 0.144. The van der Waals surface area contributed by atoms with E-state index in [0.717, 1.165) is 11.3 Å². The fourth-order valence-corrected chi connectivity index (χ4v) is 2.90. The van der Waals surface area contributed by atoms with E-state index < -0.39 is 35.9 Å². The van der Waals surface area contributed by atoms with E-state index in [4.69, 9.17) is 18.9 Å². The van der Waals surface area contributed by atoms with Crippen molar-refractivity contribution in [3.8, 4) is 5.75 Å². The van der Waals surface area contributed by atoms with Crippen LogP contribution in [0.3, 0.4) is 0 Å². The third kappa shape index (κ3) is 6.76. The number of hydrogen-bond donors (Lipinski definition) is 2. The molecule has 0 radical (unpaired) electrons. The van der Waals surface area contributed by atoms with E-state index >= 15 is 0 Å². The standard InChI is InChI=1S/C21H29NO7/c1-21(2,3)29-20(25)22-16-11-18(15(10-17(16)23)19(24)27-5)28-12-13-6-8-14(26-4)9-7-13/h6-10,16-18,23H,11-12H2,1-5H3,(H,22,25)/t16-,17-,18+/m1/s1. The van der Waals surface area contributed by atoms with Crippen molar-refractivity contribution in [3.05, 3.63) is 41.5 Å². The highest BCUT2D eigenvalue weighted by Crippen LogP contribution is 2.25. The van der Waals surface area contributed by atoms with Gasteiger partial charge in [-0.3, -0.25) is 0 Å². The Morgan fingerprint density at radius 2 is 1.83 bits per heavy atom. The Morgan fingerprint density at radius 1 is 1.17 bits per heavy atom. The van der Waals surface area contributed by atoms with Gasteiger partial charge in [0.1, 0.15) is 11.4 Å². The van der Waals surface area contributed by atoms with Crippen LogP contribution < -0.4 is 10.1 Å². The predicted octanol–water partition coefficient (Wildman–Crippen LogP) is 2.34. The Bertz CT molecular complexity index is 736. The quantitative estimate of drug-likeness (QED) is 0.698. The average Bonchev–Trinajstić information content (AvgIpc) is 2.66. The van der Waals surface area contributed by atoms with E-state index in [0.29, 0.717) is 0 Å². The Hall–Kier alpha value is -2.58. The molecule has 8 heteroatoms. The van der Waals surface area contributed by atoms with Gasteiger partial charge >= 0.3 is 12.1 Å². The van der Waals surface area contributed by atoms with Gasteiger partial charge in [0.25, 0.3) is 0 Å². The lowest BCUT2D eigenvalue weighted by molar-refractivity contribution is -0.138. The normalized spacial score (nSPS) is 21.7. The number of hydrogen-bond acceptors (Lipinski definition) is 7. The number of nitrogens with one attached hydrogen (secondary N) is 1. The van der Waals surface area contributed by atoms with E-state index in [2.05, 4.69) is 5.32 Å². The van der Waals surface area contributed by atoms with Crippen molar-refractivity contribution < 1.29 is 33.6 Å². The first-order chi connectivity index (χ1) is 13.6. The first-order valence-corrected chi connectivity index (χ1v) is 9.35. The fraction of sp³-hybridized carbons (Fsp3) is 0.524. The number of aliphatic hydroxyl groups is 1. The molecule has 1 amide bonds. The lowest BCUT2D eigenvalue weighted by Crippen LogP contribution is -2.50. The van der Waals surface area contributed by atoms with Gasteiger partial charge in [-0.05, 0) is 44.5 Å². The highest BCUT2D eigenvalue weighted by Gasteiger charge is 2.36. The van der Waals surface area contributed by atoms with Gasteiger partial charge in [-0.1, -0.05) is 12.1 Å². The van der Waals surface area contributed by atoms with Gasteiger partial charge < -0.3 is 29.4 Å². The lowest BCUT2D eigenvalue weighted by Gasteiger charge is -2.33. The summed E-state index contributed by atoms with van der Waals surface area (Å²) in [6, 6.07) is 6.67. The zero-order chi connectivity index (χ0) is 21.6. The van der Waals surface area contributed by atoms with Crippen LogP contribution >= 0.6 is 0 Å². The summed E-state index contributed by atoms with van der Waals surface area (Å²) in [7, 11) is 2.85. The van der Waals surface area contributed by atoms with Crippen LogP contribution in [-0.4, -0.2) is 55.2 Å². The molecule has 0 aromatic heterocycles. The molecule has 1 aliphatic rings. The maximum Gasteiger partial charge on any atom is 0.407 e. The van der Waals surface area contributed by atoms with Crippen LogP contribution in [0.5, 0.6) is 5.75 Å². The van der Waals surface area contributed by atoms with Crippen molar-refractivity contribution in [3.63, 3.8) is 0 Å². The van der Waals surface area contributed by atoms with Crippen molar-refractivity contribution in [1.29, 1.82) is 0 Å². The summed E-state index contributed by atoms with van der Waals surface area (Å²) in [5.41, 5.74) is 0.439. The number of alkyl carbamates (subject to hydrolysis) is 1. The van der Waals surface area contributed by atoms with Crippen molar-refractivity contribution in [2.75, 3.05) is 14.2 Å². The molecule has 8 nitrogen and oxygen atoms in total. The molecule has 0 spiro atoms. The first kappa shape index (κ1) is 22.7. The molecule has 29 heavy (non-hydrogen) atoms. The highest BCUT2D eigenvalue weighted by molar-refractivity contribution is 5.90. The summed E-state index contributed by atoms with van der Waals surface area (Å²) < 4.78 is 21.1. The average molecular weight is 407 g/mol. The van der Waals surface area contributed by atoms with Crippen LogP contribution in [-0.2, 0) is 25.6 Å². The number of methoxy groups -OCH3 is 2. The number of rotatable bonds is 6. The van der Waals surface area contributed by atoms with Gasteiger partial charge in [0.05, 0.1) is 44.6 Å². The number of carbonyl (C=O) groups is 2. The summed E-state index contributed by atoms with van der Waals surface area (Å²) in [5, 5.41) is 13.0. The van der Waals surface area contributed by atoms with Gasteiger partial charge in [0, 0.05) is 6.42 Å². The third-order valence-corrected chi connectivity index (χ3v) is 4.31. The van der Waals surface area contributed by atoms with E-state index in [1.165, 1.54) is 13.2 Å².